The van der Waals surface area contributed by atoms with Crippen LogP contribution in [0.1, 0.15) is 5.56 Å². The zero-order valence-corrected chi connectivity index (χ0v) is 11.0. The molecular weight excluding hydrogens is 311 g/mol. The third kappa shape index (κ3) is 2.76. The van der Waals surface area contributed by atoms with Gasteiger partial charge in [0.1, 0.15) is 5.75 Å². The molecule has 0 radical (unpaired) electrons. The Labute approximate surface area is 109 Å². The number of rotatable bonds is 3. The Kier molecular flexibility index (Phi) is 3.83. The zero-order chi connectivity index (χ0) is 11.4. The summed E-state index contributed by atoms with van der Waals surface area (Å²) in [7, 11) is 0. The van der Waals surface area contributed by atoms with E-state index in [2.05, 4.69) is 46.9 Å². The van der Waals surface area contributed by atoms with Crippen LogP contribution in [0.15, 0.2) is 48.5 Å². The molecule has 2 aromatic carbocycles. The van der Waals surface area contributed by atoms with E-state index in [9.17, 15) is 5.11 Å². The molecule has 0 atom stereocenters. The van der Waals surface area contributed by atoms with Crippen LogP contribution in [0.3, 0.4) is 0 Å². The number of phenols is 1. The van der Waals surface area contributed by atoms with Crippen molar-refractivity contribution in [3.63, 3.8) is 0 Å². The Morgan fingerprint density at radius 2 is 1.31 bits per heavy atom. The van der Waals surface area contributed by atoms with Gasteiger partial charge >= 0.3 is 0 Å². The summed E-state index contributed by atoms with van der Waals surface area (Å²) >= 11 is 2.39. The highest BCUT2D eigenvalue weighted by Crippen LogP contribution is 2.22. The first-order valence-electron chi connectivity index (χ1n) is 5.24. The fourth-order valence-electron chi connectivity index (χ4n) is 1.63. The van der Waals surface area contributed by atoms with Gasteiger partial charge in [0.15, 0.2) is 0 Å². The number of alkyl halides is 1. The van der Waals surface area contributed by atoms with Crippen molar-refractivity contribution in [3.8, 4) is 16.9 Å². The lowest BCUT2D eigenvalue weighted by Crippen LogP contribution is -1.85. The highest BCUT2D eigenvalue weighted by atomic mass is 127. The van der Waals surface area contributed by atoms with E-state index >= 15 is 0 Å². The van der Waals surface area contributed by atoms with Crippen molar-refractivity contribution in [3.05, 3.63) is 54.1 Å². The van der Waals surface area contributed by atoms with Crippen molar-refractivity contribution < 1.29 is 5.11 Å². The molecule has 2 heteroatoms. The van der Waals surface area contributed by atoms with Crippen LogP contribution in [-0.2, 0) is 6.42 Å². The Hall–Kier alpha value is -1.03. The van der Waals surface area contributed by atoms with Crippen LogP contribution >= 0.6 is 22.6 Å². The van der Waals surface area contributed by atoms with Gasteiger partial charge in [0.05, 0.1) is 0 Å². The van der Waals surface area contributed by atoms with Crippen LogP contribution in [0, 0.1) is 0 Å². The smallest absolute Gasteiger partial charge is 0.115 e. The second-order valence-corrected chi connectivity index (χ2v) is 4.76. The molecule has 0 saturated carbocycles. The molecule has 0 aromatic heterocycles. The van der Waals surface area contributed by atoms with E-state index in [1.54, 1.807) is 12.1 Å². The average Bonchev–Trinajstić information content (AvgIpc) is 2.32. The van der Waals surface area contributed by atoms with Crippen molar-refractivity contribution in [1.82, 2.24) is 0 Å². The van der Waals surface area contributed by atoms with Gasteiger partial charge in [-0.25, -0.2) is 0 Å². The summed E-state index contributed by atoms with van der Waals surface area (Å²) in [6.07, 6.45) is 1.12. The molecule has 0 aliphatic heterocycles. The summed E-state index contributed by atoms with van der Waals surface area (Å²) in [5.41, 5.74) is 3.70. The van der Waals surface area contributed by atoms with E-state index in [1.165, 1.54) is 11.1 Å². The number of aromatic hydroxyl groups is 1. The summed E-state index contributed by atoms with van der Waals surface area (Å²) < 4.78 is 1.15. The van der Waals surface area contributed by atoms with Gasteiger partial charge < -0.3 is 5.11 Å². The molecule has 1 nitrogen and oxygen atoms in total. The molecule has 0 aliphatic rings. The molecule has 82 valence electrons. The van der Waals surface area contributed by atoms with Crippen molar-refractivity contribution >= 4 is 22.6 Å². The molecule has 0 spiro atoms. The number of hydrogen-bond donors (Lipinski definition) is 1. The first kappa shape index (κ1) is 11.5. The molecule has 0 saturated heterocycles. The largest absolute Gasteiger partial charge is 0.508 e. The molecule has 0 bridgehead atoms. The third-order valence-corrected chi connectivity index (χ3v) is 3.08. The maximum Gasteiger partial charge on any atom is 0.115 e. The predicted molar refractivity (Wildman–Crippen MR) is 76.1 cm³/mol. The Morgan fingerprint density at radius 1 is 0.812 bits per heavy atom. The topological polar surface area (TPSA) is 20.2 Å². The van der Waals surface area contributed by atoms with Crippen LogP contribution < -0.4 is 0 Å². The van der Waals surface area contributed by atoms with Crippen molar-refractivity contribution in [1.29, 1.82) is 0 Å². The second-order valence-electron chi connectivity index (χ2n) is 3.68. The number of phenolic OH excluding ortho intramolecular Hbond substituents is 1. The molecule has 1 N–H and O–H groups in total. The van der Waals surface area contributed by atoms with Gasteiger partial charge in [0.25, 0.3) is 0 Å². The lowest BCUT2D eigenvalue weighted by Gasteiger charge is -2.03. The molecule has 0 aliphatic carbocycles. The van der Waals surface area contributed by atoms with Crippen molar-refractivity contribution in [2.24, 2.45) is 0 Å². The minimum atomic E-state index is 0.310. The van der Waals surface area contributed by atoms with Gasteiger partial charge in [0.2, 0.25) is 0 Å². The molecule has 0 unspecified atom stereocenters. The average molecular weight is 324 g/mol. The van der Waals surface area contributed by atoms with Crippen molar-refractivity contribution in [2.45, 2.75) is 6.42 Å². The first-order valence-corrected chi connectivity index (χ1v) is 6.76. The molecule has 0 heterocycles. The minimum Gasteiger partial charge on any atom is -0.508 e. The van der Waals surface area contributed by atoms with E-state index in [1.807, 2.05) is 12.1 Å². The van der Waals surface area contributed by atoms with Gasteiger partial charge in [-0.1, -0.05) is 59.0 Å². The summed E-state index contributed by atoms with van der Waals surface area (Å²) in [4.78, 5) is 0. The SMILES string of the molecule is Oc1ccc(-c2ccc(CCI)cc2)cc1. The lowest BCUT2D eigenvalue weighted by molar-refractivity contribution is 0.475. The minimum absolute atomic E-state index is 0.310. The van der Waals surface area contributed by atoms with E-state index in [0.29, 0.717) is 5.75 Å². The second kappa shape index (κ2) is 5.34. The van der Waals surface area contributed by atoms with Crippen LogP contribution in [0.5, 0.6) is 5.75 Å². The van der Waals surface area contributed by atoms with Gasteiger partial charge in [-0.2, -0.15) is 0 Å². The number of benzene rings is 2. The molecule has 2 rings (SSSR count). The van der Waals surface area contributed by atoms with E-state index in [4.69, 9.17) is 0 Å². The van der Waals surface area contributed by atoms with Crippen LogP contribution in [0.25, 0.3) is 11.1 Å². The summed E-state index contributed by atoms with van der Waals surface area (Å²) in [5.74, 6) is 0.310. The van der Waals surface area contributed by atoms with E-state index < -0.39 is 0 Å². The normalized spacial score (nSPS) is 10.3. The first-order chi connectivity index (χ1) is 7.79. The number of halogens is 1. The lowest BCUT2D eigenvalue weighted by atomic mass is 10.0. The third-order valence-electron chi connectivity index (χ3n) is 2.54. The van der Waals surface area contributed by atoms with Crippen molar-refractivity contribution in [2.75, 3.05) is 4.43 Å². The fraction of sp³-hybridized carbons (Fsp3) is 0.143. The highest BCUT2D eigenvalue weighted by Gasteiger charge is 1.98. The maximum absolute atomic E-state index is 9.22. The van der Waals surface area contributed by atoms with E-state index in [-0.39, 0.29) is 0 Å². The van der Waals surface area contributed by atoms with Gasteiger partial charge in [-0.15, -0.1) is 0 Å². The molecular formula is C14H13IO. The summed E-state index contributed by atoms with van der Waals surface area (Å²) in [5, 5.41) is 9.22. The molecule has 2 aromatic rings. The molecule has 0 amide bonds. The van der Waals surface area contributed by atoms with Crippen LogP contribution in [0.4, 0.5) is 0 Å². The van der Waals surface area contributed by atoms with Gasteiger partial charge in [-0.05, 0) is 35.2 Å². The van der Waals surface area contributed by atoms with Gasteiger partial charge in [0, 0.05) is 4.43 Å². The quantitative estimate of drug-likeness (QED) is 0.667. The molecule has 16 heavy (non-hydrogen) atoms. The maximum atomic E-state index is 9.22. The Morgan fingerprint density at radius 3 is 1.81 bits per heavy atom. The van der Waals surface area contributed by atoms with E-state index in [0.717, 1.165) is 16.4 Å². The Balaban J connectivity index is 2.24. The highest BCUT2D eigenvalue weighted by molar-refractivity contribution is 14.1. The predicted octanol–water partition coefficient (Wildman–Crippen LogP) is 4.04. The summed E-state index contributed by atoms with van der Waals surface area (Å²) in [6, 6.07) is 15.9. The Bertz CT molecular complexity index is 445. The van der Waals surface area contributed by atoms with Gasteiger partial charge in [-0.3, -0.25) is 0 Å². The zero-order valence-electron chi connectivity index (χ0n) is 8.86. The van der Waals surface area contributed by atoms with Crippen LogP contribution in [-0.4, -0.2) is 9.53 Å². The summed E-state index contributed by atoms with van der Waals surface area (Å²) in [6.45, 7) is 0. The molecule has 0 fully saturated rings. The number of aryl methyl sites for hydroxylation is 1. The fourth-order valence-corrected chi connectivity index (χ4v) is 2.25. The standard InChI is InChI=1S/C14H13IO/c15-10-9-11-1-3-12(4-2-11)13-5-7-14(16)8-6-13/h1-8,16H,9-10H2. The monoisotopic (exact) mass is 324 g/mol. The number of hydrogen-bond acceptors (Lipinski definition) is 1. The van der Waals surface area contributed by atoms with Crippen LogP contribution in [0.2, 0.25) is 0 Å².